The van der Waals surface area contributed by atoms with Crippen LogP contribution in [0.25, 0.3) is 21.3 Å². The maximum absolute atomic E-state index is 12.6. The summed E-state index contributed by atoms with van der Waals surface area (Å²) in [6, 6.07) is 7.54. The normalized spacial score (nSPS) is 17.9. The lowest BCUT2D eigenvalue weighted by molar-refractivity contribution is 0.110. The molecule has 6 heteroatoms. The first-order valence-corrected chi connectivity index (χ1v) is 8.85. The number of ether oxygens (including phenoxy) is 1. The van der Waals surface area contributed by atoms with Crippen molar-refractivity contribution in [3.63, 3.8) is 0 Å². The highest BCUT2D eigenvalue weighted by atomic mass is 35.5. The second-order valence-electron chi connectivity index (χ2n) is 5.66. The molecule has 1 atom stereocenters. The van der Waals surface area contributed by atoms with Crippen LogP contribution in [0, 0.1) is 0 Å². The number of hydrogen-bond donors (Lipinski definition) is 1. The summed E-state index contributed by atoms with van der Waals surface area (Å²) in [6.45, 7) is 0.798. The smallest absolute Gasteiger partial charge is 0.260 e. The molecule has 0 saturated carbocycles. The van der Waals surface area contributed by atoms with E-state index in [1.54, 1.807) is 0 Å². The number of halogens is 1. The summed E-state index contributed by atoms with van der Waals surface area (Å²) in [6.07, 6.45) is 2.92. The Balaban J connectivity index is 1.78. The van der Waals surface area contributed by atoms with Gasteiger partial charge in [-0.15, -0.1) is 11.3 Å². The van der Waals surface area contributed by atoms with Crippen LogP contribution in [0.5, 0.6) is 0 Å². The Hall–Kier alpha value is -1.69. The number of rotatable bonds is 3. The van der Waals surface area contributed by atoms with Crippen LogP contribution in [0.15, 0.2) is 34.4 Å². The Labute approximate surface area is 142 Å². The number of H-pyrrole nitrogens is 1. The maximum Gasteiger partial charge on any atom is 0.260 e. The first-order chi connectivity index (χ1) is 11.2. The topological polar surface area (TPSA) is 55.0 Å². The summed E-state index contributed by atoms with van der Waals surface area (Å²) < 4.78 is 5.62. The van der Waals surface area contributed by atoms with Crippen molar-refractivity contribution in [2.24, 2.45) is 0 Å². The van der Waals surface area contributed by atoms with E-state index >= 15 is 0 Å². The van der Waals surface area contributed by atoms with E-state index in [9.17, 15) is 4.79 Å². The zero-order valence-electron chi connectivity index (χ0n) is 12.3. The van der Waals surface area contributed by atoms with Crippen molar-refractivity contribution in [1.82, 2.24) is 9.97 Å². The highest BCUT2D eigenvalue weighted by molar-refractivity contribution is 7.17. The van der Waals surface area contributed by atoms with Crippen LogP contribution in [0.4, 0.5) is 0 Å². The third kappa shape index (κ3) is 2.80. The zero-order chi connectivity index (χ0) is 15.8. The van der Waals surface area contributed by atoms with Gasteiger partial charge in [-0.25, -0.2) is 4.98 Å². The average Bonchev–Trinajstić information content (AvgIpc) is 3.17. The summed E-state index contributed by atoms with van der Waals surface area (Å²) in [5, 5.41) is 3.19. The molecular weight excluding hydrogens is 332 g/mol. The second kappa shape index (κ2) is 6.07. The lowest BCUT2D eigenvalue weighted by Crippen LogP contribution is -2.17. The van der Waals surface area contributed by atoms with Crippen LogP contribution < -0.4 is 5.56 Å². The molecule has 1 saturated heterocycles. The number of hydrogen-bond acceptors (Lipinski definition) is 4. The van der Waals surface area contributed by atoms with E-state index in [1.807, 2.05) is 29.6 Å². The van der Waals surface area contributed by atoms with Crippen molar-refractivity contribution in [3.8, 4) is 11.1 Å². The molecule has 3 heterocycles. The van der Waals surface area contributed by atoms with Crippen molar-refractivity contribution in [2.75, 3.05) is 6.61 Å². The van der Waals surface area contributed by atoms with Crippen molar-refractivity contribution >= 4 is 33.2 Å². The number of nitrogens with zero attached hydrogens (tertiary/aromatic N) is 1. The van der Waals surface area contributed by atoms with Crippen LogP contribution in [-0.2, 0) is 11.2 Å². The highest BCUT2D eigenvalue weighted by Crippen LogP contribution is 2.34. The van der Waals surface area contributed by atoms with Gasteiger partial charge < -0.3 is 9.72 Å². The van der Waals surface area contributed by atoms with Gasteiger partial charge in [0.15, 0.2) is 0 Å². The monoisotopic (exact) mass is 346 g/mol. The molecule has 3 aromatic rings. The van der Waals surface area contributed by atoms with E-state index in [0.717, 1.165) is 35.4 Å². The first-order valence-electron chi connectivity index (χ1n) is 7.59. The van der Waals surface area contributed by atoms with Gasteiger partial charge in [0, 0.05) is 34.6 Å². The minimum Gasteiger partial charge on any atom is -0.378 e. The van der Waals surface area contributed by atoms with E-state index in [1.165, 1.54) is 11.3 Å². The summed E-state index contributed by atoms with van der Waals surface area (Å²) in [7, 11) is 0. The van der Waals surface area contributed by atoms with Gasteiger partial charge in [0.25, 0.3) is 5.56 Å². The molecule has 1 aromatic carbocycles. The fourth-order valence-electron chi connectivity index (χ4n) is 2.99. The fourth-order valence-corrected chi connectivity index (χ4v) is 4.18. The molecule has 0 radical (unpaired) electrons. The predicted molar refractivity (Wildman–Crippen MR) is 93.4 cm³/mol. The summed E-state index contributed by atoms with van der Waals surface area (Å²) >= 11 is 7.74. The standard InChI is InChI=1S/C17H15ClN2O2S/c18-13-6-2-1-5-11(13)12-9-23-17-15(12)16(21)19-14(20-17)8-10-4-3-7-22-10/h1-2,5-6,9-10H,3-4,7-8H2,(H,19,20,21)/t10-/m1/s1. The van der Waals surface area contributed by atoms with Crippen LogP contribution in [0.3, 0.4) is 0 Å². The third-order valence-electron chi connectivity index (χ3n) is 4.10. The minimum absolute atomic E-state index is 0.112. The number of aromatic nitrogens is 2. The summed E-state index contributed by atoms with van der Waals surface area (Å²) in [4.78, 5) is 20.8. The van der Waals surface area contributed by atoms with Crippen LogP contribution in [-0.4, -0.2) is 22.7 Å². The second-order valence-corrected chi connectivity index (χ2v) is 6.93. The van der Waals surface area contributed by atoms with Gasteiger partial charge >= 0.3 is 0 Å². The first kappa shape index (κ1) is 14.9. The molecule has 4 rings (SSSR count). The SMILES string of the molecule is O=c1[nH]c(C[C@H]2CCCO2)nc2scc(-c3ccccc3Cl)c12. The van der Waals surface area contributed by atoms with E-state index in [0.29, 0.717) is 22.7 Å². The van der Waals surface area contributed by atoms with Crippen LogP contribution in [0.1, 0.15) is 18.7 Å². The van der Waals surface area contributed by atoms with Crippen LogP contribution in [0.2, 0.25) is 5.02 Å². The lowest BCUT2D eigenvalue weighted by atomic mass is 10.1. The minimum atomic E-state index is -0.112. The number of aromatic amines is 1. The molecule has 1 N–H and O–H groups in total. The number of thiophene rings is 1. The molecular formula is C17H15ClN2O2S. The molecule has 0 bridgehead atoms. The highest BCUT2D eigenvalue weighted by Gasteiger charge is 2.19. The Morgan fingerprint density at radius 2 is 2.22 bits per heavy atom. The number of fused-ring (bicyclic) bond motifs is 1. The predicted octanol–water partition coefficient (Wildman–Crippen LogP) is 4.03. The van der Waals surface area contributed by atoms with Gasteiger partial charge in [-0.2, -0.15) is 0 Å². The molecule has 23 heavy (non-hydrogen) atoms. The van der Waals surface area contributed by atoms with Crippen molar-refractivity contribution in [2.45, 2.75) is 25.4 Å². The van der Waals surface area contributed by atoms with E-state index in [-0.39, 0.29) is 11.7 Å². The number of benzene rings is 1. The molecule has 1 aliphatic heterocycles. The van der Waals surface area contributed by atoms with Gasteiger partial charge in [0.1, 0.15) is 10.7 Å². The molecule has 118 valence electrons. The Morgan fingerprint density at radius 1 is 1.35 bits per heavy atom. The molecule has 1 aliphatic rings. The van der Waals surface area contributed by atoms with Crippen molar-refractivity contribution in [1.29, 1.82) is 0 Å². The molecule has 0 spiro atoms. The van der Waals surface area contributed by atoms with E-state index in [2.05, 4.69) is 9.97 Å². The Kier molecular flexibility index (Phi) is 3.93. The fraction of sp³-hybridized carbons (Fsp3) is 0.294. The van der Waals surface area contributed by atoms with Gasteiger partial charge in [-0.1, -0.05) is 29.8 Å². The Bertz CT molecular complexity index is 912. The van der Waals surface area contributed by atoms with E-state index in [4.69, 9.17) is 16.3 Å². The molecule has 1 fully saturated rings. The average molecular weight is 347 g/mol. The lowest BCUT2D eigenvalue weighted by Gasteiger charge is -2.08. The van der Waals surface area contributed by atoms with Gasteiger partial charge in [0.05, 0.1) is 11.5 Å². The van der Waals surface area contributed by atoms with Gasteiger partial charge in [-0.3, -0.25) is 4.79 Å². The molecule has 0 amide bonds. The van der Waals surface area contributed by atoms with Crippen molar-refractivity contribution in [3.05, 3.63) is 50.8 Å². The summed E-state index contributed by atoms with van der Waals surface area (Å²) in [5.41, 5.74) is 1.59. The summed E-state index contributed by atoms with van der Waals surface area (Å²) in [5.74, 6) is 0.696. The molecule has 4 nitrogen and oxygen atoms in total. The van der Waals surface area contributed by atoms with Gasteiger partial charge in [-0.05, 0) is 18.9 Å². The molecule has 2 aromatic heterocycles. The zero-order valence-corrected chi connectivity index (χ0v) is 13.9. The number of nitrogens with one attached hydrogen (secondary N) is 1. The largest absolute Gasteiger partial charge is 0.378 e. The van der Waals surface area contributed by atoms with Crippen LogP contribution >= 0.6 is 22.9 Å². The molecule has 0 aliphatic carbocycles. The molecule has 0 unspecified atom stereocenters. The Morgan fingerprint density at radius 3 is 3.00 bits per heavy atom. The van der Waals surface area contributed by atoms with Crippen molar-refractivity contribution < 1.29 is 4.74 Å². The van der Waals surface area contributed by atoms with Gasteiger partial charge in [0.2, 0.25) is 0 Å². The van der Waals surface area contributed by atoms with E-state index < -0.39 is 0 Å². The quantitative estimate of drug-likeness (QED) is 0.779. The maximum atomic E-state index is 12.6. The third-order valence-corrected chi connectivity index (χ3v) is 5.30.